The average molecular weight is 259 g/mol. The summed E-state index contributed by atoms with van der Waals surface area (Å²) in [5, 5.41) is 9.57. The number of nitrogens with zero attached hydrogens (tertiary/aromatic N) is 2. The van der Waals surface area contributed by atoms with Gasteiger partial charge in [-0.25, -0.2) is 4.98 Å². The van der Waals surface area contributed by atoms with Gasteiger partial charge in [-0.15, -0.1) is 0 Å². The standard InChI is InChI=1S/C14H11ClN2O/c15-13-6-2-1-4-11(13)9-18-10-12-5-3-7-17-14(12)8-16/h1-7H,9-10H2. The molecule has 0 amide bonds. The Bertz CT molecular complexity index is 578. The van der Waals surface area contributed by atoms with E-state index in [9.17, 15) is 0 Å². The van der Waals surface area contributed by atoms with Crippen LogP contribution >= 0.6 is 11.6 Å². The number of rotatable bonds is 4. The molecule has 0 fully saturated rings. The lowest BCUT2D eigenvalue weighted by atomic mass is 10.2. The molecule has 2 aromatic rings. The zero-order valence-corrected chi connectivity index (χ0v) is 10.4. The maximum absolute atomic E-state index is 8.89. The molecule has 1 aromatic carbocycles. The number of hydrogen-bond acceptors (Lipinski definition) is 3. The minimum atomic E-state index is 0.349. The van der Waals surface area contributed by atoms with Crippen LogP contribution in [0.25, 0.3) is 0 Å². The first-order valence-electron chi connectivity index (χ1n) is 5.46. The number of pyridine rings is 1. The summed E-state index contributed by atoms with van der Waals surface area (Å²) in [7, 11) is 0. The number of nitriles is 1. The highest BCUT2D eigenvalue weighted by molar-refractivity contribution is 6.31. The van der Waals surface area contributed by atoms with Crippen LogP contribution in [0.4, 0.5) is 0 Å². The Morgan fingerprint density at radius 3 is 2.61 bits per heavy atom. The number of benzene rings is 1. The van der Waals surface area contributed by atoms with Crippen LogP contribution in [0.2, 0.25) is 5.02 Å². The molecule has 1 aromatic heterocycles. The molecule has 0 unspecified atom stereocenters. The van der Waals surface area contributed by atoms with Crippen LogP contribution in [-0.4, -0.2) is 4.98 Å². The molecule has 90 valence electrons. The molecular weight excluding hydrogens is 248 g/mol. The molecule has 0 N–H and O–H groups in total. The molecule has 0 saturated carbocycles. The molecule has 0 atom stereocenters. The van der Waals surface area contributed by atoms with Crippen molar-refractivity contribution in [3.05, 3.63) is 64.4 Å². The molecule has 0 bridgehead atoms. The molecule has 0 aliphatic heterocycles. The fourth-order valence-corrected chi connectivity index (χ4v) is 1.73. The van der Waals surface area contributed by atoms with Crippen molar-refractivity contribution in [3.63, 3.8) is 0 Å². The van der Waals surface area contributed by atoms with Crippen LogP contribution in [0.5, 0.6) is 0 Å². The van der Waals surface area contributed by atoms with Gasteiger partial charge in [-0.2, -0.15) is 5.26 Å². The Morgan fingerprint density at radius 2 is 1.83 bits per heavy atom. The molecule has 0 spiro atoms. The van der Waals surface area contributed by atoms with E-state index in [1.807, 2.05) is 36.4 Å². The topological polar surface area (TPSA) is 45.9 Å². The third-order valence-corrected chi connectivity index (χ3v) is 2.84. The van der Waals surface area contributed by atoms with Crippen LogP contribution in [-0.2, 0) is 18.0 Å². The van der Waals surface area contributed by atoms with Crippen molar-refractivity contribution in [3.8, 4) is 6.07 Å². The summed E-state index contributed by atoms with van der Waals surface area (Å²) in [6.07, 6.45) is 1.59. The lowest BCUT2D eigenvalue weighted by Gasteiger charge is -2.06. The summed E-state index contributed by atoms with van der Waals surface area (Å²) in [6.45, 7) is 0.765. The third kappa shape index (κ3) is 3.07. The number of halogens is 1. The Morgan fingerprint density at radius 1 is 1.11 bits per heavy atom. The molecule has 1 heterocycles. The van der Waals surface area contributed by atoms with Crippen molar-refractivity contribution in [2.45, 2.75) is 13.2 Å². The molecule has 18 heavy (non-hydrogen) atoms. The predicted molar refractivity (Wildman–Crippen MR) is 68.9 cm³/mol. The predicted octanol–water partition coefficient (Wildman–Crippen LogP) is 3.32. The van der Waals surface area contributed by atoms with E-state index in [1.54, 1.807) is 12.3 Å². The van der Waals surface area contributed by atoms with E-state index in [4.69, 9.17) is 21.6 Å². The summed E-state index contributed by atoms with van der Waals surface area (Å²) >= 11 is 6.02. The first-order chi connectivity index (χ1) is 8.81. The number of hydrogen-bond donors (Lipinski definition) is 0. The Hall–Kier alpha value is -1.89. The van der Waals surface area contributed by atoms with Gasteiger partial charge >= 0.3 is 0 Å². The zero-order valence-electron chi connectivity index (χ0n) is 9.64. The van der Waals surface area contributed by atoms with E-state index in [2.05, 4.69) is 4.98 Å². The monoisotopic (exact) mass is 258 g/mol. The second-order valence-corrected chi connectivity index (χ2v) is 4.11. The number of aromatic nitrogens is 1. The quantitative estimate of drug-likeness (QED) is 0.845. The zero-order chi connectivity index (χ0) is 12.8. The smallest absolute Gasteiger partial charge is 0.145 e. The van der Waals surface area contributed by atoms with E-state index in [0.29, 0.717) is 23.9 Å². The van der Waals surface area contributed by atoms with E-state index >= 15 is 0 Å². The maximum atomic E-state index is 8.89. The van der Waals surface area contributed by atoms with E-state index in [0.717, 1.165) is 11.1 Å². The van der Waals surface area contributed by atoms with E-state index in [1.165, 1.54) is 0 Å². The molecular formula is C14H11ClN2O. The first kappa shape index (κ1) is 12.6. The van der Waals surface area contributed by atoms with Gasteiger partial charge in [-0.1, -0.05) is 35.9 Å². The second kappa shape index (κ2) is 6.15. The van der Waals surface area contributed by atoms with Gasteiger partial charge in [-0.3, -0.25) is 0 Å². The van der Waals surface area contributed by atoms with Crippen LogP contribution in [0.3, 0.4) is 0 Å². The highest BCUT2D eigenvalue weighted by Crippen LogP contribution is 2.16. The van der Waals surface area contributed by atoms with Crippen molar-refractivity contribution in [1.29, 1.82) is 5.26 Å². The van der Waals surface area contributed by atoms with Crippen molar-refractivity contribution in [1.82, 2.24) is 4.98 Å². The molecule has 2 rings (SSSR count). The molecule has 4 heteroatoms. The normalized spacial score (nSPS) is 10.0. The van der Waals surface area contributed by atoms with Crippen molar-refractivity contribution < 1.29 is 4.74 Å². The summed E-state index contributed by atoms with van der Waals surface area (Å²) in [5.74, 6) is 0. The number of ether oxygens (including phenoxy) is 1. The summed E-state index contributed by atoms with van der Waals surface area (Å²) < 4.78 is 5.55. The van der Waals surface area contributed by atoms with E-state index in [-0.39, 0.29) is 0 Å². The molecule has 0 aliphatic carbocycles. The minimum Gasteiger partial charge on any atom is -0.372 e. The molecule has 0 aliphatic rings. The van der Waals surface area contributed by atoms with Crippen molar-refractivity contribution in [2.24, 2.45) is 0 Å². The first-order valence-corrected chi connectivity index (χ1v) is 5.84. The van der Waals surface area contributed by atoms with Gasteiger partial charge in [0.25, 0.3) is 0 Å². The van der Waals surface area contributed by atoms with Gasteiger partial charge in [-0.05, 0) is 17.7 Å². The third-order valence-electron chi connectivity index (χ3n) is 2.47. The SMILES string of the molecule is N#Cc1ncccc1COCc1ccccc1Cl. The second-order valence-electron chi connectivity index (χ2n) is 3.71. The van der Waals surface area contributed by atoms with Crippen molar-refractivity contribution >= 4 is 11.6 Å². The lowest BCUT2D eigenvalue weighted by Crippen LogP contribution is -1.98. The largest absolute Gasteiger partial charge is 0.372 e. The Balaban J connectivity index is 1.97. The van der Waals surface area contributed by atoms with Crippen LogP contribution < -0.4 is 0 Å². The fourth-order valence-electron chi connectivity index (χ4n) is 1.54. The van der Waals surface area contributed by atoms with E-state index < -0.39 is 0 Å². The average Bonchev–Trinajstić information content (AvgIpc) is 2.41. The van der Waals surface area contributed by atoms with Gasteiger partial charge in [0.2, 0.25) is 0 Å². The molecule has 0 saturated heterocycles. The van der Waals surface area contributed by atoms with Crippen LogP contribution in [0.1, 0.15) is 16.8 Å². The summed E-state index contributed by atoms with van der Waals surface area (Å²) in [6, 6.07) is 13.2. The Kier molecular flexibility index (Phi) is 4.30. The summed E-state index contributed by atoms with van der Waals surface area (Å²) in [5.41, 5.74) is 2.12. The van der Waals surface area contributed by atoms with Crippen molar-refractivity contribution in [2.75, 3.05) is 0 Å². The highest BCUT2D eigenvalue weighted by Gasteiger charge is 2.03. The molecule has 0 radical (unpaired) electrons. The van der Waals surface area contributed by atoms with Gasteiger partial charge in [0.05, 0.1) is 13.2 Å². The Labute approximate surface area is 111 Å². The maximum Gasteiger partial charge on any atom is 0.145 e. The van der Waals surface area contributed by atoms with Gasteiger partial charge in [0.15, 0.2) is 0 Å². The van der Waals surface area contributed by atoms with Crippen LogP contribution in [0, 0.1) is 11.3 Å². The van der Waals surface area contributed by atoms with Gasteiger partial charge in [0, 0.05) is 16.8 Å². The fraction of sp³-hybridized carbons (Fsp3) is 0.143. The lowest BCUT2D eigenvalue weighted by molar-refractivity contribution is 0.107. The minimum absolute atomic E-state index is 0.349. The summed E-state index contributed by atoms with van der Waals surface area (Å²) in [4.78, 5) is 3.97. The van der Waals surface area contributed by atoms with Gasteiger partial charge < -0.3 is 4.74 Å². The van der Waals surface area contributed by atoms with Gasteiger partial charge in [0.1, 0.15) is 11.8 Å². The molecule has 3 nitrogen and oxygen atoms in total. The highest BCUT2D eigenvalue weighted by atomic mass is 35.5. The van der Waals surface area contributed by atoms with Crippen LogP contribution in [0.15, 0.2) is 42.6 Å².